The molecule has 4 atom stereocenters. The molecule has 0 bridgehead atoms. The lowest BCUT2D eigenvalue weighted by Crippen LogP contribution is -2.56. The highest BCUT2D eigenvalue weighted by molar-refractivity contribution is 5.95. The Labute approximate surface area is 177 Å². The first-order valence-corrected chi connectivity index (χ1v) is 9.68. The number of rotatable bonds is 10. The van der Waals surface area contributed by atoms with Crippen molar-refractivity contribution in [2.75, 3.05) is 6.54 Å². The number of carboxylic acids is 2. The summed E-state index contributed by atoms with van der Waals surface area (Å²) >= 11 is 0. The van der Waals surface area contributed by atoms with Crippen LogP contribution in [-0.4, -0.2) is 85.5 Å². The van der Waals surface area contributed by atoms with Crippen LogP contribution in [0.15, 0.2) is 12.5 Å². The van der Waals surface area contributed by atoms with E-state index < -0.39 is 60.2 Å². The maximum atomic E-state index is 12.6. The number of aromatic amines is 1. The van der Waals surface area contributed by atoms with E-state index in [4.69, 9.17) is 10.8 Å². The van der Waals surface area contributed by atoms with Gasteiger partial charge in [0.05, 0.1) is 18.8 Å². The van der Waals surface area contributed by atoms with Gasteiger partial charge in [0.2, 0.25) is 17.7 Å². The van der Waals surface area contributed by atoms with Crippen LogP contribution in [0.2, 0.25) is 0 Å². The molecule has 1 aromatic heterocycles. The van der Waals surface area contributed by atoms with Gasteiger partial charge in [0.15, 0.2) is 0 Å². The molecule has 2 heterocycles. The number of likely N-dealkylation sites (tertiary alicyclic amines) is 1. The largest absolute Gasteiger partial charge is 0.481 e. The third kappa shape index (κ3) is 6.50. The first kappa shape index (κ1) is 23.8. The Kier molecular flexibility index (Phi) is 8.07. The molecule has 1 aliphatic heterocycles. The maximum Gasteiger partial charge on any atom is 0.326 e. The van der Waals surface area contributed by atoms with Crippen LogP contribution in [0.25, 0.3) is 0 Å². The summed E-state index contributed by atoms with van der Waals surface area (Å²) in [5.41, 5.74) is 6.13. The van der Waals surface area contributed by atoms with Gasteiger partial charge in [-0.1, -0.05) is 0 Å². The first-order chi connectivity index (χ1) is 14.6. The van der Waals surface area contributed by atoms with Crippen molar-refractivity contribution in [2.45, 2.75) is 56.8 Å². The van der Waals surface area contributed by atoms with Gasteiger partial charge in [-0.2, -0.15) is 0 Å². The van der Waals surface area contributed by atoms with E-state index in [1.165, 1.54) is 24.3 Å². The quantitative estimate of drug-likeness (QED) is 0.234. The Morgan fingerprint density at radius 3 is 2.58 bits per heavy atom. The van der Waals surface area contributed by atoms with Crippen molar-refractivity contribution in [1.29, 1.82) is 0 Å². The van der Waals surface area contributed by atoms with Gasteiger partial charge < -0.3 is 36.5 Å². The third-order valence-corrected chi connectivity index (χ3v) is 4.90. The van der Waals surface area contributed by atoms with Gasteiger partial charge >= 0.3 is 11.9 Å². The fraction of sp³-hybridized carbons (Fsp3) is 0.556. The molecule has 0 saturated carbocycles. The van der Waals surface area contributed by atoms with Crippen molar-refractivity contribution < 1.29 is 34.2 Å². The van der Waals surface area contributed by atoms with Gasteiger partial charge in [-0.25, -0.2) is 9.78 Å². The van der Waals surface area contributed by atoms with Gasteiger partial charge in [0, 0.05) is 24.9 Å². The predicted molar refractivity (Wildman–Crippen MR) is 104 cm³/mol. The summed E-state index contributed by atoms with van der Waals surface area (Å²) in [6.07, 6.45) is 3.10. The average Bonchev–Trinajstić information content (AvgIpc) is 3.37. The number of H-pyrrole nitrogens is 1. The number of nitrogens with two attached hydrogens (primary N) is 1. The molecule has 1 saturated heterocycles. The number of carbonyl (C=O) groups excluding carboxylic acids is 3. The summed E-state index contributed by atoms with van der Waals surface area (Å²) in [6.45, 7) is 1.63. The molecular weight excluding hydrogens is 412 g/mol. The van der Waals surface area contributed by atoms with Crippen molar-refractivity contribution in [2.24, 2.45) is 5.73 Å². The summed E-state index contributed by atoms with van der Waals surface area (Å²) in [5, 5.41) is 23.0. The monoisotopic (exact) mass is 438 g/mol. The second kappa shape index (κ2) is 10.5. The number of nitrogens with one attached hydrogen (secondary N) is 3. The molecule has 0 radical (unpaired) electrons. The van der Waals surface area contributed by atoms with Crippen LogP contribution in [0.3, 0.4) is 0 Å². The fourth-order valence-corrected chi connectivity index (χ4v) is 3.28. The molecule has 4 unspecified atom stereocenters. The van der Waals surface area contributed by atoms with Crippen molar-refractivity contribution in [3.05, 3.63) is 18.2 Å². The van der Waals surface area contributed by atoms with Crippen molar-refractivity contribution >= 4 is 29.7 Å². The zero-order valence-electron chi connectivity index (χ0n) is 16.9. The zero-order valence-corrected chi connectivity index (χ0v) is 16.9. The van der Waals surface area contributed by atoms with E-state index in [-0.39, 0.29) is 13.0 Å². The topological polar surface area (TPSA) is 208 Å². The minimum absolute atomic E-state index is 0.0197. The van der Waals surface area contributed by atoms with Gasteiger partial charge in [-0.15, -0.1) is 0 Å². The number of nitrogens with zero attached hydrogens (tertiary/aromatic N) is 2. The van der Waals surface area contributed by atoms with Gasteiger partial charge in [0.1, 0.15) is 18.1 Å². The molecule has 170 valence electrons. The first-order valence-electron chi connectivity index (χ1n) is 9.68. The average molecular weight is 438 g/mol. The molecule has 0 spiro atoms. The van der Waals surface area contributed by atoms with E-state index in [1.54, 1.807) is 0 Å². The molecule has 0 aliphatic carbocycles. The van der Waals surface area contributed by atoms with E-state index in [0.29, 0.717) is 18.5 Å². The zero-order chi connectivity index (χ0) is 23.1. The van der Waals surface area contributed by atoms with Crippen molar-refractivity contribution in [3.8, 4) is 0 Å². The van der Waals surface area contributed by atoms with Crippen molar-refractivity contribution in [3.63, 3.8) is 0 Å². The molecule has 0 aromatic carbocycles. The van der Waals surface area contributed by atoms with Crippen LogP contribution in [0.4, 0.5) is 0 Å². The SMILES string of the molecule is CC(NC(=O)C1CCCN1C(=O)C(N)CC(=O)O)C(=O)NC(Cc1cnc[nH]1)C(=O)O. The lowest BCUT2D eigenvalue weighted by molar-refractivity contribution is -0.144. The Morgan fingerprint density at radius 2 is 2.00 bits per heavy atom. The number of aromatic nitrogens is 2. The van der Waals surface area contributed by atoms with Crippen LogP contribution in [-0.2, 0) is 30.4 Å². The number of imidazole rings is 1. The van der Waals surface area contributed by atoms with Crippen molar-refractivity contribution in [1.82, 2.24) is 25.5 Å². The van der Waals surface area contributed by atoms with E-state index in [0.717, 1.165) is 0 Å². The van der Waals surface area contributed by atoms with Crippen LogP contribution >= 0.6 is 0 Å². The normalized spacial score (nSPS) is 18.6. The number of aliphatic carboxylic acids is 2. The van der Waals surface area contributed by atoms with Crippen LogP contribution in [0.1, 0.15) is 31.9 Å². The lowest BCUT2D eigenvalue weighted by Gasteiger charge is -2.27. The van der Waals surface area contributed by atoms with E-state index in [9.17, 15) is 29.1 Å². The fourth-order valence-electron chi connectivity index (χ4n) is 3.28. The number of hydrogen-bond acceptors (Lipinski definition) is 7. The second-order valence-corrected chi connectivity index (χ2v) is 7.30. The highest BCUT2D eigenvalue weighted by Crippen LogP contribution is 2.19. The third-order valence-electron chi connectivity index (χ3n) is 4.90. The maximum absolute atomic E-state index is 12.6. The van der Waals surface area contributed by atoms with Gasteiger partial charge in [-0.3, -0.25) is 19.2 Å². The van der Waals surface area contributed by atoms with Crippen LogP contribution < -0.4 is 16.4 Å². The van der Waals surface area contributed by atoms with Gasteiger partial charge in [-0.05, 0) is 19.8 Å². The molecule has 31 heavy (non-hydrogen) atoms. The van der Waals surface area contributed by atoms with E-state index >= 15 is 0 Å². The van der Waals surface area contributed by atoms with E-state index in [1.807, 2.05) is 0 Å². The Hall–Kier alpha value is -3.48. The Bertz CT molecular complexity index is 827. The Morgan fingerprint density at radius 1 is 1.29 bits per heavy atom. The summed E-state index contributed by atoms with van der Waals surface area (Å²) < 4.78 is 0. The molecule has 1 aliphatic rings. The number of carbonyl (C=O) groups is 5. The van der Waals surface area contributed by atoms with Crippen LogP contribution in [0, 0.1) is 0 Å². The highest BCUT2D eigenvalue weighted by Gasteiger charge is 2.37. The number of hydrogen-bond donors (Lipinski definition) is 6. The molecule has 1 fully saturated rings. The minimum atomic E-state index is -1.27. The van der Waals surface area contributed by atoms with Gasteiger partial charge in [0.25, 0.3) is 0 Å². The summed E-state index contributed by atoms with van der Waals surface area (Å²) in [6, 6.07) is -4.46. The molecular formula is C18H26N6O7. The molecule has 3 amide bonds. The van der Waals surface area contributed by atoms with E-state index in [2.05, 4.69) is 20.6 Å². The Balaban J connectivity index is 1.95. The smallest absolute Gasteiger partial charge is 0.326 e. The summed E-state index contributed by atoms with van der Waals surface area (Å²) in [7, 11) is 0. The molecule has 7 N–H and O–H groups in total. The summed E-state index contributed by atoms with van der Waals surface area (Å²) in [4.78, 5) is 67.4. The number of carboxylic acid groups (broad SMARTS) is 2. The van der Waals surface area contributed by atoms with Crippen LogP contribution in [0.5, 0.6) is 0 Å². The standard InChI is InChI=1S/C18H26N6O7/c1-9(15(27)23-12(18(30)31)5-10-7-20-8-21-10)22-16(28)13-3-2-4-24(13)17(29)11(19)6-14(25)26/h7-9,11-13H,2-6,19H2,1H3,(H,20,21)(H,22,28)(H,23,27)(H,25,26)(H,30,31). The lowest BCUT2D eigenvalue weighted by atomic mass is 10.1. The molecule has 13 nitrogen and oxygen atoms in total. The second-order valence-electron chi connectivity index (χ2n) is 7.30. The highest BCUT2D eigenvalue weighted by atomic mass is 16.4. The molecule has 1 aromatic rings. The minimum Gasteiger partial charge on any atom is -0.481 e. The number of amides is 3. The summed E-state index contributed by atoms with van der Waals surface area (Å²) in [5.74, 6) is -4.44. The predicted octanol–water partition coefficient (Wildman–Crippen LogP) is -2.18. The molecule has 13 heteroatoms. The molecule has 2 rings (SSSR count).